The first-order valence-electron chi connectivity index (χ1n) is 5.03. The van der Waals surface area contributed by atoms with Crippen LogP contribution in [0.3, 0.4) is 0 Å². The molecule has 0 aliphatic heterocycles. The summed E-state index contributed by atoms with van der Waals surface area (Å²) in [6.45, 7) is 0. The Balaban J connectivity index is 1.94. The topological polar surface area (TPSA) is 47.3 Å². The number of halogens is 1. The lowest BCUT2D eigenvalue weighted by Gasteiger charge is -2.35. The summed E-state index contributed by atoms with van der Waals surface area (Å²) in [5.74, 6) is -0.295. The highest BCUT2D eigenvalue weighted by atomic mass is 19.1. The summed E-state index contributed by atoms with van der Waals surface area (Å²) in [5, 5.41) is 3.13. The number of hydrogen-bond acceptors (Lipinski definition) is 3. The maximum absolute atomic E-state index is 13.4. The molecule has 0 heterocycles. The van der Waals surface area contributed by atoms with Gasteiger partial charge in [0.05, 0.1) is 11.8 Å². The van der Waals surface area contributed by atoms with Gasteiger partial charge in [0.25, 0.3) is 0 Å². The number of benzene rings is 1. The molecular formula is C11H15FN2O. The van der Waals surface area contributed by atoms with E-state index < -0.39 is 0 Å². The van der Waals surface area contributed by atoms with Gasteiger partial charge in [0, 0.05) is 18.8 Å². The van der Waals surface area contributed by atoms with Crippen LogP contribution in [0.25, 0.3) is 0 Å². The zero-order valence-electron chi connectivity index (χ0n) is 8.66. The number of methoxy groups -OCH3 is 1. The second-order valence-corrected chi connectivity index (χ2v) is 3.91. The van der Waals surface area contributed by atoms with Crippen molar-refractivity contribution in [1.82, 2.24) is 0 Å². The minimum atomic E-state index is -0.295. The van der Waals surface area contributed by atoms with E-state index in [9.17, 15) is 4.39 Å². The van der Waals surface area contributed by atoms with Crippen molar-refractivity contribution in [3.05, 3.63) is 24.0 Å². The van der Waals surface area contributed by atoms with Crippen molar-refractivity contribution in [1.29, 1.82) is 0 Å². The molecule has 15 heavy (non-hydrogen) atoms. The molecule has 1 aliphatic carbocycles. The number of hydrogen-bond donors (Lipinski definition) is 2. The molecular weight excluding hydrogens is 195 g/mol. The molecule has 0 aromatic heterocycles. The summed E-state index contributed by atoms with van der Waals surface area (Å²) >= 11 is 0. The van der Waals surface area contributed by atoms with Crippen molar-refractivity contribution >= 4 is 11.4 Å². The lowest BCUT2D eigenvalue weighted by Crippen LogP contribution is -2.40. The van der Waals surface area contributed by atoms with Gasteiger partial charge in [0.15, 0.2) is 0 Å². The first-order valence-corrected chi connectivity index (χ1v) is 5.03. The summed E-state index contributed by atoms with van der Waals surface area (Å²) in [5.41, 5.74) is 6.42. The molecule has 0 amide bonds. The zero-order valence-corrected chi connectivity index (χ0v) is 8.66. The van der Waals surface area contributed by atoms with Crippen LogP contribution in [0.2, 0.25) is 0 Å². The summed E-state index contributed by atoms with van der Waals surface area (Å²) < 4.78 is 18.5. The van der Waals surface area contributed by atoms with Gasteiger partial charge in [-0.1, -0.05) is 0 Å². The summed E-state index contributed by atoms with van der Waals surface area (Å²) in [4.78, 5) is 0. The highest BCUT2D eigenvalue weighted by molar-refractivity contribution is 5.53. The molecule has 0 spiro atoms. The Morgan fingerprint density at radius 2 is 2.20 bits per heavy atom. The molecule has 0 saturated heterocycles. The first-order chi connectivity index (χ1) is 7.19. The fourth-order valence-electron chi connectivity index (χ4n) is 1.74. The molecule has 1 aromatic carbocycles. The van der Waals surface area contributed by atoms with Gasteiger partial charge in [-0.25, -0.2) is 4.39 Å². The van der Waals surface area contributed by atoms with Crippen LogP contribution < -0.4 is 11.1 Å². The predicted octanol–water partition coefficient (Wildman–Crippen LogP) is 2.00. The second kappa shape index (κ2) is 4.06. The van der Waals surface area contributed by atoms with Crippen LogP contribution in [0, 0.1) is 5.82 Å². The van der Waals surface area contributed by atoms with E-state index in [-0.39, 0.29) is 5.82 Å². The van der Waals surface area contributed by atoms with E-state index in [1.165, 1.54) is 6.07 Å². The smallest absolute Gasteiger partial charge is 0.148 e. The van der Waals surface area contributed by atoms with E-state index in [1.807, 2.05) is 0 Å². The van der Waals surface area contributed by atoms with Crippen LogP contribution in [0.1, 0.15) is 12.8 Å². The normalized spacial score (nSPS) is 24.7. The van der Waals surface area contributed by atoms with E-state index in [0.717, 1.165) is 12.8 Å². The van der Waals surface area contributed by atoms with E-state index >= 15 is 0 Å². The van der Waals surface area contributed by atoms with Gasteiger partial charge in [0.2, 0.25) is 0 Å². The average molecular weight is 210 g/mol. The standard InChI is InChI=1S/C11H15FN2O/c1-15-9-5-8(6-9)14-11-3-2-7(13)4-10(11)12/h2-4,8-9,14H,5-6,13H2,1H3. The lowest BCUT2D eigenvalue weighted by molar-refractivity contribution is 0.0328. The Bertz CT molecular complexity index is 350. The molecule has 3 N–H and O–H groups in total. The van der Waals surface area contributed by atoms with Crippen LogP contribution in [0.4, 0.5) is 15.8 Å². The van der Waals surface area contributed by atoms with Crippen molar-refractivity contribution in [2.24, 2.45) is 0 Å². The molecule has 82 valence electrons. The van der Waals surface area contributed by atoms with E-state index in [1.54, 1.807) is 19.2 Å². The lowest BCUT2D eigenvalue weighted by atomic mass is 9.89. The Morgan fingerprint density at radius 1 is 1.47 bits per heavy atom. The zero-order chi connectivity index (χ0) is 10.8. The molecule has 4 heteroatoms. The number of anilines is 2. The quantitative estimate of drug-likeness (QED) is 0.750. The third-order valence-corrected chi connectivity index (χ3v) is 2.78. The van der Waals surface area contributed by atoms with Crippen LogP contribution in [-0.4, -0.2) is 19.3 Å². The van der Waals surface area contributed by atoms with Gasteiger partial charge in [0.1, 0.15) is 5.82 Å². The number of nitrogens with one attached hydrogen (secondary N) is 1. The number of nitrogens with two attached hydrogens (primary N) is 1. The predicted molar refractivity (Wildman–Crippen MR) is 58.3 cm³/mol. The maximum Gasteiger partial charge on any atom is 0.148 e. The molecule has 0 bridgehead atoms. The fourth-order valence-corrected chi connectivity index (χ4v) is 1.74. The maximum atomic E-state index is 13.4. The third-order valence-electron chi connectivity index (χ3n) is 2.78. The molecule has 3 nitrogen and oxygen atoms in total. The minimum Gasteiger partial charge on any atom is -0.399 e. The van der Waals surface area contributed by atoms with Gasteiger partial charge in [-0.3, -0.25) is 0 Å². The molecule has 1 saturated carbocycles. The van der Waals surface area contributed by atoms with Crippen molar-refractivity contribution < 1.29 is 9.13 Å². The Labute approximate surface area is 88.4 Å². The number of rotatable bonds is 3. The molecule has 1 aromatic rings. The van der Waals surface area contributed by atoms with E-state index in [2.05, 4.69) is 5.32 Å². The highest BCUT2D eigenvalue weighted by Crippen LogP contribution is 2.27. The fraction of sp³-hybridized carbons (Fsp3) is 0.455. The van der Waals surface area contributed by atoms with Crippen LogP contribution in [0.5, 0.6) is 0 Å². The first kappa shape index (κ1) is 10.2. The number of ether oxygens (including phenoxy) is 1. The van der Waals surface area contributed by atoms with Crippen molar-refractivity contribution in [3.63, 3.8) is 0 Å². The molecule has 1 fully saturated rings. The largest absolute Gasteiger partial charge is 0.399 e. The summed E-state index contributed by atoms with van der Waals surface area (Å²) in [6, 6.07) is 5.00. The molecule has 0 atom stereocenters. The van der Waals surface area contributed by atoms with Gasteiger partial charge < -0.3 is 15.8 Å². The van der Waals surface area contributed by atoms with Crippen LogP contribution in [0.15, 0.2) is 18.2 Å². The van der Waals surface area contributed by atoms with Crippen LogP contribution >= 0.6 is 0 Å². The SMILES string of the molecule is COC1CC(Nc2ccc(N)cc2F)C1. The third kappa shape index (κ3) is 2.21. The Kier molecular flexibility index (Phi) is 2.77. The highest BCUT2D eigenvalue weighted by Gasteiger charge is 2.29. The van der Waals surface area contributed by atoms with Gasteiger partial charge >= 0.3 is 0 Å². The van der Waals surface area contributed by atoms with Crippen LogP contribution in [-0.2, 0) is 4.74 Å². The molecule has 2 rings (SSSR count). The van der Waals surface area contributed by atoms with Crippen molar-refractivity contribution in [3.8, 4) is 0 Å². The minimum absolute atomic E-state index is 0.295. The summed E-state index contributed by atoms with van der Waals surface area (Å²) in [7, 11) is 1.70. The monoisotopic (exact) mass is 210 g/mol. The Morgan fingerprint density at radius 3 is 2.80 bits per heavy atom. The van der Waals surface area contributed by atoms with Crippen molar-refractivity contribution in [2.45, 2.75) is 25.0 Å². The van der Waals surface area contributed by atoms with Gasteiger partial charge in [-0.2, -0.15) is 0 Å². The number of nitrogen functional groups attached to an aromatic ring is 1. The summed E-state index contributed by atoms with van der Waals surface area (Å²) in [6.07, 6.45) is 2.18. The molecule has 0 radical (unpaired) electrons. The second-order valence-electron chi connectivity index (χ2n) is 3.91. The van der Waals surface area contributed by atoms with E-state index in [4.69, 9.17) is 10.5 Å². The van der Waals surface area contributed by atoms with Gasteiger partial charge in [-0.05, 0) is 31.0 Å². The molecule has 1 aliphatic rings. The van der Waals surface area contributed by atoms with Gasteiger partial charge in [-0.15, -0.1) is 0 Å². The Hall–Kier alpha value is -1.29. The van der Waals surface area contributed by atoms with E-state index in [0.29, 0.717) is 23.5 Å². The van der Waals surface area contributed by atoms with Crippen molar-refractivity contribution in [2.75, 3.05) is 18.2 Å². The molecule has 0 unspecified atom stereocenters. The average Bonchev–Trinajstić information content (AvgIpc) is 2.13.